The SMILES string of the molecule is O=C1c2ccc(C3CCCCC3)cc2CCC12CC1C=CC2C1. The highest BCUT2D eigenvalue weighted by Gasteiger charge is 2.54. The van der Waals surface area contributed by atoms with Gasteiger partial charge in [0.25, 0.3) is 0 Å². The summed E-state index contributed by atoms with van der Waals surface area (Å²) >= 11 is 0. The van der Waals surface area contributed by atoms with E-state index in [4.69, 9.17) is 0 Å². The standard InChI is InChI=1S/C22H26O/c23-21-20-9-7-17(16-4-2-1-3-5-16)13-18(20)10-11-22(21)14-15-6-8-19(22)12-15/h6-9,13,15-16,19H,1-5,10-12,14H2. The normalized spacial score (nSPS) is 35.9. The van der Waals surface area contributed by atoms with Crippen LogP contribution in [0.25, 0.3) is 0 Å². The van der Waals surface area contributed by atoms with Gasteiger partial charge in [-0.25, -0.2) is 0 Å². The van der Waals surface area contributed by atoms with Crippen molar-refractivity contribution in [2.45, 2.75) is 63.7 Å². The van der Waals surface area contributed by atoms with Crippen molar-refractivity contribution < 1.29 is 4.79 Å². The van der Waals surface area contributed by atoms with Crippen LogP contribution in [0.1, 0.15) is 78.8 Å². The Bertz CT molecular complexity index is 679. The summed E-state index contributed by atoms with van der Waals surface area (Å²) in [7, 11) is 0. The van der Waals surface area contributed by atoms with Crippen molar-refractivity contribution in [1.29, 1.82) is 0 Å². The van der Waals surface area contributed by atoms with Crippen molar-refractivity contribution in [3.63, 3.8) is 0 Å². The Morgan fingerprint density at radius 1 is 1.04 bits per heavy atom. The molecule has 0 heterocycles. The van der Waals surface area contributed by atoms with E-state index in [0.717, 1.165) is 30.7 Å². The van der Waals surface area contributed by atoms with E-state index >= 15 is 0 Å². The maximum absolute atomic E-state index is 13.3. The van der Waals surface area contributed by atoms with E-state index in [9.17, 15) is 4.79 Å². The minimum atomic E-state index is -0.0429. The molecular formula is C22H26O. The van der Waals surface area contributed by atoms with E-state index in [1.807, 2.05) is 0 Å². The third kappa shape index (κ3) is 2.01. The first kappa shape index (κ1) is 14.0. The van der Waals surface area contributed by atoms with Gasteiger partial charge in [0.05, 0.1) is 0 Å². The fraction of sp³-hybridized carbons (Fsp3) is 0.591. The summed E-state index contributed by atoms with van der Waals surface area (Å²) in [6.45, 7) is 0. The number of allylic oxidation sites excluding steroid dienone is 2. The van der Waals surface area contributed by atoms with E-state index in [2.05, 4.69) is 30.4 Å². The largest absolute Gasteiger partial charge is 0.294 e. The smallest absolute Gasteiger partial charge is 0.169 e. The fourth-order valence-electron chi connectivity index (χ4n) is 5.97. The van der Waals surface area contributed by atoms with E-state index in [-0.39, 0.29) is 5.41 Å². The molecule has 1 aromatic carbocycles. The molecule has 4 aliphatic carbocycles. The van der Waals surface area contributed by atoms with Gasteiger partial charge in [0, 0.05) is 11.0 Å². The van der Waals surface area contributed by atoms with Crippen molar-refractivity contribution >= 4 is 5.78 Å². The van der Waals surface area contributed by atoms with E-state index in [1.54, 1.807) is 0 Å². The van der Waals surface area contributed by atoms with Gasteiger partial charge in [0.15, 0.2) is 5.78 Å². The molecule has 3 unspecified atom stereocenters. The molecule has 1 spiro atoms. The highest BCUT2D eigenvalue weighted by atomic mass is 16.1. The Morgan fingerprint density at radius 3 is 2.65 bits per heavy atom. The van der Waals surface area contributed by atoms with E-state index < -0.39 is 0 Å². The molecule has 2 saturated carbocycles. The zero-order chi connectivity index (χ0) is 15.4. The van der Waals surface area contributed by atoms with Crippen LogP contribution in [0.15, 0.2) is 30.4 Å². The molecule has 4 aliphatic rings. The number of hydrogen-bond acceptors (Lipinski definition) is 1. The van der Waals surface area contributed by atoms with Crippen molar-refractivity contribution in [1.82, 2.24) is 0 Å². The van der Waals surface area contributed by atoms with Gasteiger partial charge < -0.3 is 0 Å². The summed E-state index contributed by atoms with van der Waals surface area (Å²) < 4.78 is 0. The summed E-state index contributed by atoms with van der Waals surface area (Å²) in [4.78, 5) is 13.3. The maximum Gasteiger partial charge on any atom is 0.169 e. The molecule has 0 amide bonds. The zero-order valence-corrected chi connectivity index (χ0v) is 13.9. The summed E-state index contributed by atoms with van der Waals surface area (Å²) in [6, 6.07) is 6.84. The van der Waals surface area contributed by atoms with Crippen LogP contribution in [0, 0.1) is 17.3 Å². The summed E-state index contributed by atoms with van der Waals surface area (Å²) in [6.07, 6.45) is 16.0. The van der Waals surface area contributed by atoms with Gasteiger partial charge in [-0.15, -0.1) is 0 Å². The van der Waals surface area contributed by atoms with Gasteiger partial charge in [-0.2, -0.15) is 0 Å². The lowest BCUT2D eigenvalue weighted by Crippen LogP contribution is -2.39. The first-order valence-electron chi connectivity index (χ1n) is 9.62. The van der Waals surface area contributed by atoms with Crippen LogP contribution in [0.4, 0.5) is 0 Å². The Morgan fingerprint density at radius 2 is 1.91 bits per heavy atom. The van der Waals surface area contributed by atoms with Crippen molar-refractivity contribution in [3.05, 3.63) is 47.0 Å². The van der Waals surface area contributed by atoms with Crippen molar-refractivity contribution in [2.24, 2.45) is 17.3 Å². The third-order valence-corrected chi connectivity index (χ3v) is 7.25. The van der Waals surface area contributed by atoms with Gasteiger partial charge >= 0.3 is 0 Å². The van der Waals surface area contributed by atoms with Crippen molar-refractivity contribution in [2.75, 3.05) is 0 Å². The first-order chi connectivity index (χ1) is 11.3. The molecule has 0 aromatic heterocycles. The average molecular weight is 306 g/mol. The number of Topliss-reactive ketones (excluding diaryl/α,β-unsaturated/α-hetero) is 1. The van der Waals surface area contributed by atoms with Gasteiger partial charge in [-0.05, 0) is 67.4 Å². The highest BCUT2D eigenvalue weighted by molar-refractivity contribution is 6.03. The predicted octanol–water partition coefficient (Wildman–Crippen LogP) is 5.45. The number of aryl methyl sites for hydroxylation is 1. The fourth-order valence-corrected chi connectivity index (χ4v) is 5.97. The molecule has 0 saturated heterocycles. The second kappa shape index (κ2) is 5.06. The lowest BCUT2D eigenvalue weighted by Gasteiger charge is -2.38. The minimum absolute atomic E-state index is 0.0429. The molecule has 1 aromatic rings. The number of carbonyl (C=O) groups is 1. The van der Waals surface area contributed by atoms with E-state index in [0.29, 0.717) is 17.6 Å². The molecule has 23 heavy (non-hydrogen) atoms. The predicted molar refractivity (Wildman–Crippen MR) is 92.7 cm³/mol. The van der Waals surface area contributed by atoms with Crippen LogP contribution in [0.5, 0.6) is 0 Å². The molecular weight excluding hydrogens is 280 g/mol. The highest BCUT2D eigenvalue weighted by Crippen LogP contribution is 2.57. The molecule has 0 N–H and O–H groups in total. The molecule has 1 nitrogen and oxygen atoms in total. The summed E-state index contributed by atoms with van der Waals surface area (Å²) in [5.74, 6) is 2.40. The third-order valence-electron chi connectivity index (χ3n) is 7.25. The molecule has 2 bridgehead atoms. The second-order valence-corrected chi connectivity index (χ2v) is 8.43. The van der Waals surface area contributed by atoms with Crippen LogP contribution in [-0.2, 0) is 6.42 Å². The van der Waals surface area contributed by atoms with Gasteiger partial charge in [0.2, 0.25) is 0 Å². The number of fused-ring (bicyclic) bond motifs is 4. The van der Waals surface area contributed by atoms with Crippen LogP contribution in [0.2, 0.25) is 0 Å². The molecule has 120 valence electrons. The van der Waals surface area contributed by atoms with Crippen LogP contribution in [-0.4, -0.2) is 5.78 Å². The molecule has 1 heteroatoms. The molecule has 0 aliphatic heterocycles. The van der Waals surface area contributed by atoms with Crippen LogP contribution in [0.3, 0.4) is 0 Å². The van der Waals surface area contributed by atoms with Crippen molar-refractivity contribution in [3.8, 4) is 0 Å². The Hall–Kier alpha value is -1.37. The molecule has 0 radical (unpaired) electrons. The van der Waals surface area contributed by atoms with Gasteiger partial charge in [0.1, 0.15) is 0 Å². The number of benzene rings is 1. The lowest BCUT2D eigenvalue weighted by molar-refractivity contribution is 0.0702. The lowest BCUT2D eigenvalue weighted by atomic mass is 9.63. The van der Waals surface area contributed by atoms with E-state index in [1.165, 1.54) is 49.7 Å². The van der Waals surface area contributed by atoms with Crippen LogP contribution >= 0.6 is 0 Å². The number of hydrogen-bond donors (Lipinski definition) is 0. The molecule has 2 fully saturated rings. The van der Waals surface area contributed by atoms with Crippen LogP contribution < -0.4 is 0 Å². The zero-order valence-electron chi connectivity index (χ0n) is 13.9. The Balaban J connectivity index is 1.47. The number of ketones is 1. The average Bonchev–Trinajstić information content (AvgIpc) is 3.21. The second-order valence-electron chi connectivity index (χ2n) is 8.43. The van der Waals surface area contributed by atoms with Gasteiger partial charge in [-0.3, -0.25) is 4.79 Å². The molecule has 5 rings (SSSR count). The first-order valence-corrected chi connectivity index (χ1v) is 9.62. The quantitative estimate of drug-likeness (QED) is 0.631. The topological polar surface area (TPSA) is 17.1 Å². The Labute approximate surface area is 139 Å². The monoisotopic (exact) mass is 306 g/mol. The number of rotatable bonds is 1. The van der Waals surface area contributed by atoms with Gasteiger partial charge in [-0.1, -0.05) is 49.6 Å². The summed E-state index contributed by atoms with van der Waals surface area (Å²) in [5, 5.41) is 0. The maximum atomic E-state index is 13.3. The molecule has 3 atom stereocenters. The number of carbonyl (C=O) groups excluding carboxylic acids is 1. The Kier molecular flexibility index (Phi) is 3.08. The summed E-state index contributed by atoms with van der Waals surface area (Å²) in [5.41, 5.74) is 3.85. The minimum Gasteiger partial charge on any atom is -0.294 e.